The van der Waals surface area contributed by atoms with E-state index in [1.807, 2.05) is 30.8 Å². The summed E-state index contributed by atoms with van der Waals surface area (Å²) in [6.07, 6.45) is 0. The van der Waals surface area contributed by atoms with Gasteiger partial charge in [-0.25, -0.2) is 0 Å². The molecule has 0 radical (unpaired) electrons. The van der Waals surface area contributed by atoms with Gasteiger partial charge in [0.2, 0.25) is 0 Å². The first-order valence-corrected chi connectivity index (χ1v) is 8.09. The SMILES string of the molecule is Cc1nn(C)c(C)c1CN1Cc2c(Cl)ccc(Cl)c2C1CN. The molecular weight excluding hydrogens is 319 g/mol. The second kappa shape index (κ2) is 5.85. The lowest BCUT2D eigenvalue weighted by Crippen LogP contribution is -2.28. The molecule has 0 fully saturated rings. The van der Waals surface area contributed by atoms with E-state index in [2.05, 4.69) is 16.9 Å². The standard InChI is InChI=1S/C16H20Cl2N4/c1-9-11(10(2)21(3)20-9)7-22-8-12-13(17)4-5-14(18)16(12)15(22)6-19/h4-5,15H,6-8,19H2,1-3H3. The van der Waals surface area contributed by atoms with Gasteiger partial charge in [-0.05, 0) is 37.1 Å². The Bertz CT molecular complexity index is 723. The summed E-state index contributed by atoms with van der Waals surface area (Å²) >= 11 is 12.7. The molecule has 0 spiro atoms. The predicted molar refractivity (Wildman–Crippen MR) is 90.2 cm³/mol. The Morgan fingerprint density at radius 2 is 1.95 bits per heavy atom. The van der Waals surface area contributed by atoms with Crippen molar-refractivity contribution in [2.24, 2.45) is 12.8 Å². The molecule has 2 heterocycles. The van der Waals surface area contributed by atoms with Gasteiger partial charge in [0.15, 0.2) is 0 Å². The van der Waals surface area contributed by atoms with Crippen LogP contribution in [0.1, 0.15) is 34.1 Å². The normalized spacial score (nSPS) is 18.0. The third kappa shape index (κ3) is 2.44. The summed E-state index contributed by atoms with van der Waals surface area (Å²) in [6.45, 7) is 6.23. The molecule has 1 aliphatic heterocycles. The van der Waals surface area contributed by atoms with Crippen LogP contribution in [0.3, 0.4) is 0 Å². The molecule has 4 nitrogen and oxygen atoms in total. The Morgan fingerprint density at radius 3 is 2.55 bits per heavy atom. The summed E-state index contributed by atoms with van der Waals surface area (Å²) in [4.78, 5) is 2.33. The Hall–Kier alpha value is -1.07. The molecule has 2 aromatic rings. The summed E-state index contributed by atoms with van der Waals surface area (Å²) < 4.78 is 1.92. The van der Waals surface area contributed by atoms with Gasteiger partial charge >= 0.3 is 0 Å². The number of hydrogen-bond acceptors (Lipinski definition) is 3. The number of nitrogens with zero attached hydrogens (tertiary/aromatic N) is 3. The lowest BCUT2D eigenvalue weighted by molar-refractivity contribution is 0.210. The minimum atomic E-state index is 0.0974. The smallest absolute Gasteiger partial charge is 0.0641 e. The summed E-state index contributed by atoms with van der Waals surface area (Å²) in [5.74, 6) is 0. The van der Waals surface area contributed by atoms with Crippen molar-refractivity contribution in [3.63, 3.8) is 0 Å². The second-order valence-corrected chi connectivity index (χ2v) is 6.67. The van der Waals surface area contributed by atoms with E-state index in [9.17, 15) is 0 Å². The van der Waals surface area contributed by atoms with Crippen LogP contribution in [-0.4, -0.2) is 21.2 Å². The molecule has 1 aliphatic rings. The van der Waals surface area contributed by atoms with Crippen molar-refractivity contribution in [2.75, 3.05) is 6.54 Å². The van der Waals surface area contributed by atoms with Crippen molar-refractivity contribution in [1.82, 2.24) is 14.7 Å². The summed E-state index contributed by atoms with van der Waals surface area (Å²) in [7, 11) is 1.97. The third-order valence-electron chi connectivity index (χ3n) is 4.63. The molecule has 0 amide bonds. The zero-order valence-corrected chi connectivity index (χ0v) is 14.5. The van der Waals surface area contributed by atoms with Crippen molar-refractivity contribution in [2.45, 2.75) is 33.0 Å². The number of fused-ring (bicyclic) bond motifs is 1. The molecule has 22 heavy (non-hydrogen) atoms. The highest BCUT2D eigenvalue weighted by Gasteiger charge is 2.33. The van der Waals surface area contributed by atoms with Gasteiger partial charge in [0, 0.05) is 54.0 Å². The van der Waals surface area contributed by atoms with Gasteiger partial charge in [0.25, 0.3) is 0 Å². The summed E-state index contributed by atoms with van der Waals surface area (Å²) in [5.41, 5.74) is 11.7. The molecule has 3 rings (SSSR count). The molecular formula is C16H20Cl2N4. The van der Waals surface area contributed by atoms with Gasteiger partial charge in [-0.15, -0.1) is 0 Å². The van der Waals surface area contributed by atoms with Crippen LogP contribution in [0.5, 0.6) is 0 Å². The maximum atomic E-state index is 6.39. The van der Waals surface area contributed by atoms with Gasteiger partial charge in [0.1, 0.15) is 0 Å². The maximum absolute atomic E-state index is 6.39. The lowest BCUT2D eigenvalue weighted by Gasteiger charge is -2.24. The van der Waals surface area contributed by atoms with Gasteiger partial charge in [-0.2, -0.15) is 5.10 Å². The molecule has 6 heteroatoms. The number of benzene rings is 1. The highest BCUT2D eigenvalue weighted by molar-refractivity contribution is 6.34. The zero-order chi connectivity index (χ0) is 16.0. The Balaban J connectivity index is 1.97. The van der Waals surface area contributed by atoms with Gasteiger partial charge < -0.3 is 5.73 Å². The lowest BCUT2D eigenvalue weighted by atomic mass is 10.0. The molecule has 1 atom stereocenters. The van der Waals surface area contributed by atoms with E-state index in [0.717, 1.165) is 40.0 Å². The average Bonchev–Trinajstić information content (AvgIpc) is 2.97. The molecule has 0 saturated heterocycles. The van der Waals surface area contributed by atoms with Crippen LogP contribution >= 0.6 is 23.2 Å². The number of rotatable bonds is 3. The Labute approximate surface area is 140 Å². The van der Waals surface area contributed by atoms with Crippen LogP contribution in [0.15, 0.2) is 12.1 Å². The van der Waals surface area contributed by atoms with Crippen LogP contribution in [0.2, 0.25) is 10.0 Å². The molecule has 2 N–H and O–H groups in total. The molecule has 1 unspecified atom stereocenters. The van der Waals surface area contributed by atoms with Crippen LogP contribution in [0.25, 0.3) is 0 Å². The minimum absolute atomic E-state index is 0.0974. The number of hydrogen-bond donors (Lipinski definition) is 1. The first-order valence-electron chi connectivity index (χ1n) is 7.34. The second-order valence-electron chi connectivity index (χ2n) is 5.85. The van der Waals surface area contributed by atoms with Crippen molar-refractivity contribution in [3.05, 3.63) is 50.3 Å². The number of aromatic nitrogens is 2. The minimum Gasteiger partial charge on any atom is -0.329 e. The average molecular weight is 339 g/mol. The van der Waals surface area contributed by atoms with Crippen molar-refractivity contribution >= 4 is 23.2 Å². The number of halogens is 2. The first kappa shape index (κ1) is 15.8. The highest BCUT2D eigenvalue weighted by Crippen LogP contribution is 2.42. The molecule has 1 aromatic heterocycles. The van der Waals surface area contributed by atoms with Crippen molar-refractivity contribution in [3.8, 4) is 0 Å². The van der Waals surface area contributed by atoms with E-state index in [1.54, 1.807) is 0 Å². The summed E-state index contributed by atoms with van der Waals surface area (Å²) in [6, 6.07) is 3.82. The Morgan fingerprint density at radius 1 is 1.27 bits per heavy atom. The summed E-state index contributed by atoms with van der Waals surface area (Å²) in [5, 5.41) is 6.01. The van der Waals surface area contributed by atoms with Crippen molar-refractivity contribution in [1.29, 1.82) is 0 Å². The van der Waals surface area contributed by atoms with Crippen LogP contribution < -0.4 is 5.73 Å². The fraction of sp³-hybridized carbons (Fsp3) is 0.438. The Kier molecular flexibility index (Phi) is 4.21. The van der Waals surface area contributed by atoms with E-state index in [-0.39, 0.29) is 6.04 Å². The topological polar surface area (TPSA) is 47.1 Å². The zero-order valence-electron chi connectivity index (χ0n) is 13.0. The van der Waals surface area contributed by atoms with Crippen LogP contribution in [0.4, 0.5) is 0 Å². The molecule has 0 bridgehead atoms. The van der Waals surface area contributed by atoms with E-state index in [4.69, 9.17) is 28.9 Å². The van der Waals surface area contributed by atoms with E-state index in [1.165, 1.54) is 11.3 Å². The van der Waals surface area contributed by atoms with Gasteiger partial charge in [0.05, 0.1) is 5.69 Å². The molecule has 1 aromatic carbocycles. The molecule has 118 valence electrons. The van der Waals surface area contributed by atoms with E-state index < -0.39 is 0 Å². The maximum Gasteiger partial charge on any atom is 0.0641 e. The van der Waals surface area contributed by atoms with Gasteiger partial charge in [-0.1, -0.05) is 23.2 Å². The fourth-order valence-corrected chi connectivity index (χ4v) is 3.84. The van der Waals surface area contributed by atoms with E-state index in [0.29, 0.717) is 6.54 Å². The number of nitrogens with two attached hydrogens (primary N) is 1. The number of aryl methyl sites for hydroxylation is 2. The third-order valence-corrected chi connectivity index (χ3v) is 5.31. The predicted octanol–water partition coefficient (Wildman–Crippen LogP) is 3.36. The van der Waals surface area contributed by atoms with Crippen molar-refractivity contribution < 1.29 is 0 Å². The van der Waals surface area contributed by atoms with Crippen LogP contribution in [0, 0.1) is 13.8 Å². The van der Waals surface area contributed by atoms with Crippen LogP contribution in [-0.2, 0) is 20.1 Å². The monoisotopic (exact) mass is 338 g/mol. The first-order chi connectivity index (χ1) is 10.4. The highest BCUT2D eigenvalue weighted by atomic mass is 35.5. The molecule has 0 saturated carbocycles. The van der Waals surface area contributed by atoms with E-state index >= 15 is 0 Å². The largest absolute Gasteiger partial charge is 0.329 e. The van der Waals surface area contributed by atoms with Gasteiger partial charge in [-0.3, -0.25) is 9.58 Å². The quantitative estimate of drug-likeness (QED) is 0.933. The molecule has 0 aliphatic carbocycles. The fourth-order valence-electron chi connectivity index (χ4n) is 3.31.